The topological polar surface area (TPSA) is 32.6 Å². The summed E-state index contributed by atoms with van der Waals surface area (Å²) in [5.41, 5.74) is -4.83. The zero-order valence-electron chi connectivity index (χ0n) is 9.89. The van der Waals surface area contributed by atoms with Crippen LogP contribution in [-0.2, 0) is 0 Å². The van der Waals surface area contributed by atoms with Crippen molar-refractivity contribution in [1.29, 1.82) is 0 Å². The highest BCUT2D eigenvalue weighted by atomic mass is 19.4. The molecule has 110 valence electrons. The van der Waals surface area contributed by atoms with Crippen LogP contribution in [0.1, 0.15) is 6.42 Å². The van der Waals surface area contributed by atoms with Gasteiger partial charge in [-0.2, -0.15) is 26.3 Å². The number of fused-ring (bicyclic) bond motifs is 1. The number of aliphatic imine (C=N–C) groups is 1. The summed E-state index contributed by atoms with van der Waals surface area (Å²) in [4.78, 5) is 3.46. The number of halogens is 6. The summed E-state index contributed by atoms with van der Waals surface area (Å²) in [6, 6.07) is 0. The number of rotatable bonds is 2. The molecule has 0 aromatic heterocycles. The van der Waals surface area contributed by atoms with E-state index in [1.54, 1.807) is 0 Å². The molecule has 1 heterocycles. The van der Waals surface area contributed by atoms with E-state index < -0.39 is 35.7 Å². The van der Waals surface area contributed by atoms with E-state index >= 15 is 0 Å². The summed E-state index contributed by atoms with van der Waals surface area (Å²) < 4.78 is 77.6. The molecule has 2 nitrogen and oxygen atoms in total. The highest BCUT2D eigenvalue weighted by Gasteiger charge is 2.61. The summed E-state index contributed by atoms with van der Waals surface area (Å²) in [6.45, 7) is -0.545. The maximum absolute atomic E-state index is 13.3. The minimum Gasteiger partial charge on any atom is -0.396 e. The van der Waals surface area contributed by atoms with Crippen LogP contribution in [0.25, 0.3) is 0 Å². The molecule has 1 aliphatic heterocycles. The third kappa shape index (κ3) is 2.07. The Balaban J connectivity index is 2.50. The molecule has 0 fully saturated rings. The maximum Gasteiger partial charge on any atom is 0.416 e. The first kappa shape index (κ1) is 14.8. The van der Waals surface area contributed by atoms with Crippen molar-refractivity contribution in [3.8, 4) is 0 Å². The van der Waals surface area contributed by atoms with Crippen molar-refractivity contribution in [3.05, 3.63) is 35.6 Å². The number of aliphatic hydroxyl groups is 1. The van der Waals surface area contributed by atoms with E-state index in [1.165, 1.54) is 0 Å². The predicted molar refractivity (Wildman–Crippen MR) is 59.0 cm³/mol. The minimum absolute atomic E-state index is 0.267. The normalized spacial score (nSPS) is 26.1. The molecule has 2 aliphatic rings. The molecule has 0 aromatic carbocycles. The molecule has 1 unspecified atom stereocenters. The van der Waals surface area contributed by atoms with Crippen LogP contribution in [0.15, 0.2) is 40.6 Å². The summed E-state index contributed by atoms with van der Waals surface area (Å²) >= 11 is 0. The van der Waals surface area contributed by atoms with Crippen LogP contribution in [0.2, 0.25) is 0 Å². The van der Waals surface area contributed by atoms with E-state index in [0.29, 0.717) is 18.2 Å². The Morgan fingerprint density at radius 2 is 1.80 bits per heavy atom. The van der Waals surface area contributed by atoms with Crippen molar-refractivity contribution in [1.82, 2.24) is 0 Å². The first-order valence-corrected chi connectivity index (χ1v) is 5.56. The van der Waals surface area contributed by atoms with E-state index in [-0.39, 0.29) is 12.0 Å². The van der Waals surface area contributed by atoms with Crippen LogP contribution in [0.3, 0.4) is 0 Å². The van der Waals surface area contributed by atoms with Crippen LogP contribution in [-0.4, -0.2) is 29.8 Å². The summed E-state index contributed by atoms with van der Waals surface area (Å²) in [5.74, 6) is 0. The van der Waals surface area contributed by atoms with Crippen molar-refractivity contribution < 1.29 is 31.4 Å². The van der Waals surface area contributed by atoms with Crippen LogP contribution < -0.4 is 0 Å². The molecule has 1 atom stereocenters. The number of hydrogen-bond donors (Lipinski definition) is 1. The average Bonchev–Trinajstić information content (AvgIpc) is 2.67. The lowest BCUT2D eigenvalue weighted by Crippen LogP contribution is -2.44. The van der Waals surface area contributed by atoms with Crippen LogP contribution in [0.4, 0.5) is 26.3 Å². The van der Waals surface area contributed by atoms with Gasteiger partial charge in [0.05, 0.1) is 11.3 Å². The van der Waals surface area contributed by atoms with E-state index in [1.807, 2.05) is 0 Å². The highest BCUT2D eigenvalue weighted by molar-refractivity contribution is 6.08. The quantitative estimate of drug-likeness (QED) is 0.779. The SMILES string of the molecule is OCCC1=CN=C2C=C(C(F)(F)F)C=CC12C(F)(F)F. The molecule has 0 saturated heterocycles. The Kier molecular flexibility index (Phi) is 3.32. The molecule has 1 aliphatic carbocycles. The fourth-order valence-electron chi connectivity index (χ4n) is 2.25. The fourth-order valence-corrected chi connectivity index (χ4v) is 2.25. The Hall–Kier alpha value is -1.57. The lowest BCUT2D eigenvalue weighted by Gasteiger charge is -2.34. The molecule has 20 heavy (non-hydrogen) atoms. The van der Waals surface area contributed by atoms with Crippen molar-refractivity contribution in [2.75, 3.05) is 6.61 Å². The van der Waals surface area contributed by atoms with Gasteiger partial charge in [0, 0.05) is 12.8 Å². The zero-order valence-corrected chi connectivity index (χ0v) is 9.89. The number of allylic oxidation sites excluding steroid dienone is 4. The number of hydrogen-bond acceptors (Lipinski definition) is 2. The fraction of sp³-hybridized carbons (Fsp3) is 0.417. The van der Waals surface area contributed by atoms with Gasteiger partial charge in [-0.3, -0.25) is 4.99 Å². The second-order valence-corrected chi connectivity index (χ2v) is 4.38. The van der Waals surface area contributed by atoms with E-state index in [2.05, 4.69) is 4.99 Å². The third-order valence-electron chi connectivity index (χ3n) is 3.23. The van der Waals surface area contributed by atoms with Gasteiger partial charge in [-0.1, -0.05) is 12.2 Å². The monoisotopic (exact) mass is 297 g/mol. The molecule has 0 amide bonds. The van der Waals surface area contributed by atoms with E-state index in [4.69, 9.17) is 5.11 Å². The van der Waals surface area contributed by atoms with Gasteiger partial charge in [0.25, 0.3) is 0 Å². The van der Waals surface area contributed by atoms with Gasteiger partial charge in [0.1, 0.15) is 5.41 Å². The van der Waals surface area contributed by atoms with Crippen molar-refractivity contribution >= 4 is 5.71 Å². The zero-order chi connectivity index (χ0) is 15.2. The molecular weight excluding hydrogens is 288 g/mol. The molecule has 0 bridgehead atoms. The number of aliphatic hydroxyl groups excluding tert-OH is 1. The minimum atomic E-state index is -4.83. The summed E-state index contributed by atoms with van der Waals surface area (Å²) in [7, 11) is 0. The van der Waals surface area contributed by atoms with Gasteiger partial charge in [-0.25, -0.2) is 0 Å². The molecule has 8 heteroatoms. The second-order valence-electron chi connectivity index (χ2n) is 4.38. The van der Waals surface area contributed by atoms with Gasteiger partial charge in [-0.15, -0.1) is 0 Å². The second kappa shape index (κ2) is 4.47. The van der Waals surface area contributed by atoms with Crippen LogP contribution in [0.5, 0.6) is 0 Å². The van der Waals surface area contributed by atoms with Gasteiger partial charge in [0.15, 0.2) is 0 Å². The van der Waals surface area contributed by atoms with Crippen LogP contribution >= 0.6 is 0 Å². The standard InChI is InChI=1S/C12H9F6NO/c13-11(14,15)7-1-3-10(12(16,17)18)8(2-4-20)6-19-9(10)5-7/h1,3,5-6,20H,2,4H2. The Morgan fingerprint density at radius 3 is 2.30 bits per heavy atom. The van der Waals surface area contributed by atoms with Crippen molar-refractivity contribution in [2.24, 2.45) is 10.4 Å². The van der Waals surface area contributed by atoms with Gasteiger partial charge < -0.3 is 5.11 Å². The van der Waals surface area contributed by atoms with E-state index in [9.17, 15) is 26.3 Å². The third-order valence-corrected chi connectivity index (χ3v) is 3.23. The molecule has 2 rings (SSSR count). The van der Waals surface area contributed by atoms with Crippen molar-refractivity contribution in [2.45, 2.75) is 18.8 Å². The van der Waals surface area contributed by atoms with Crippen molar-refractivity contribution in [3.63, 3.8) is 0 Å². The smallest absolute Gasteiger partial charge is 0.396 e. The van der Waals surface area contributed by atoms with Gasteiger partial charge >= 0.3 is 12.4 Å². The molecular formula is C12H9F6NO. The lowest BCUT2D eigenvalue weighted by atomic mass is 9.72. The first-order valence-electron chi connectivity index (χ1n) is 5.56. The molecule has 0 radical (unpaired) electrons. The first-order chi connectivity index (χ1) is 9.13. The summed E-state index contributed by atoms with van der Waals surface area (Å²) in [5, 5.41) is 8.80. The molecule has 0 saturated carbocycles. The molecule has 0 aromatic rings. The Labute approximate surface area is 109 Å². The van der Waals surface area contributed by atoms with E-state index in [0.717, 1.165) is 6.20 Å². The average molecular weight is 297 g/mol. The number of nitrogens with zero attached hydrogens (tertiary/aromatic N) is 1. The summed E-state index contributed by atoms with van der Waals surface area (Å²) in [6.07, 6.45) is -7.74. The van der Waals surface area contributed by atoms with Crippen LogP contribution in [0, 0.1) is 5.41 Å². The van der Waals surface area contributed by atoms with Gasteiger partial charge in [0.2, 0.25) is 0 Å². The lowest BCUT2D eigenvalue weighted by molar-refractivity contribution is -0.170. The Morgan fingerprint density at radius 1 is 1.15 bits per heavy atom. The predicted octanol–water partition coefficient (Wildman–Crippen LogP) is 3.31. The largest absolute Gasteiger partial charge is 0.416 e. The maximum atomic E-state index is 13.3. The molecule has 1 N–H and O–H groups in total. The highest BCUT2D eigenvalue weighted by Crippen LogP contribution is 2.53. The van der Waals surface area contributed by atoms with Gasteiger partial charge in [-0.05, 0) is 18.1 Å². The molecule has 0 spiro atoms. The Bertz CT molecular complexity index is 537. The number of alkyl halides is 6.